The van der Waals surface area contributed by atoms with Crippen LogP contribution in [0.25, 0.3) is 0 Å². The molecule has 6 rings (SSSR count). The van der Waals surface area contributed by atoms with Crippen LogP contribution in [0, 0.1) is 0 Å². The first-order chi connectivity index (χ1) is 69.7. The van der Waals surface area contributed by atoms with Gasteiger partial charge in [0.05, 0.1) is 227 Å². The predicted octanol–water partition coefficient (Wildman–Crippen LogP) is 25.5. The minimum absolute atomic E-state index is 0.0727. The quantitative estimate of drug-likeness (QED) is 0.0258. The smallest absolute Gasteiger partial charge is 0.163 e. The maximum atomic E-state index is 8.00. The number of carbonyl (C=O) groups is 4. The zero-order valence-corrected chi connectivity index (χ0v) is 98.8. The molecule has 0 saturated heterocycles. The first-order valence-corrected chi connectivity index (χ1v) is 53.2. The van der Waals surface area contributed by atoms with Gasteiger partial charge in [-0.05, 0) is 345 Å². The van der Waals surface area contributed by atoms with Crippen LogP contribution in [0.4, 0.5) is 0 Å². The second kappa shape index (κ2) is 101. The van der Waals surface area contributed by atoms with E-state index in [1.54, 1.807) is 12.5 Å². The van der Waals surface area contributed by atoms with Crippen LogP contribution in [0.3, 0.4) is 0 Å². The van der Waals surface area contributed by atoms with E-state index in [0.717, 1.165) is 97.2 Å². The number of benzene rings is 4. The topological polar surface area (TPSA) is 303 Å². The molecule has 1 fully saturated rings. The van der Waals surface area contributed by atoms with Crippen LogP contribution in [0.15, 0.2) is 108 Å². The zero-order valence-electron chi connectivity index (χ0n) is 98.8. The molecule has 0 spiro atoms. The Morgan fingerprint density at radius 2 is 0.537 bits per heavy atom. The fraction of sp³-hybridized carbons (Fsp3) is 0.729. The van der Waals surface area contributed by atoms with Gasteiger partial charge >= 0.3 is 0 Å². The molecule has 1 aromatic heterocycles. The van der Waals surface area contributed by atoms with Crippen LogP contribution in [-0.2, 0) is 141 Å². The second-order valence-corrected chi connectivity index (χ2v) is 39.2. The summed E-state index contributed by atoms with van der Waals surface area (Å²) in [7, 11) is 0. The Kier molecular flexibility index (Phi) is 103. The van der Waals surface area contributed by atoms with Crippen molar-refractivity contribution in [2.45, 2.75) is 449 Å². The van der Waals surface area contributed by atoms with Crippen LogP contribution in [-0.4, -0.2) is 268 Å². The first-order valence-electron chi connectivity index (χ1n) is 53.2. The summed E-state index contributed by atoms with van der Waals surface area (Å²) in [5.74, 6) is 4.00. The summed E-state index contributed by atoms with van der Waals surface area (Å²) in [5, 5.41) is 0. The minimum Gasteiger partial charge on any atom is -0.491 e. The number of hydrogen-bond donors (Lipinski definition) is 0. The molecule has 5 aromatic rings. The van der Waals surface area contributed by atoms with Crippen LogP contribution in [0.5, 0.6) is 28.7 Å². The van der Waals surface area contributed by atoms with E-state index in [9.17, 15) is 0 Å². The molecular weight excluding hydrogens is 1880 g/mol. The van der Waals surface area contributed by atoms with Crippen LogP contribution in [0.1, 0.15) is 328 Å². The minimum atomic E-state index is -0.0833. The Hall–Kier alpha value is -6.92. The summed E-state index contributed by atoms with van der Waals surface area (Å²) in [6.45, 7) is 96.9. The van der Waals surface area contributed by atoms with Gasteiger partial charge in [-0.1, -0.05) is 62.4 Å². The maximum Gasteiger partial charge on any atom is 0.163 e. The third-order valence-corrected chi connectivity index (χ3v) is 18.8. The third kappa shape index (κ3) is 102. The average Bonchev–Trinajstić information content (AvgIpc) is 1.74. The first kappa shape index (κ1) is 151. The van der Waals surface area contributed by atoms with Crippen molar-refractivity contribution in [1.29, 1.82) is 0 Å². The van der Waals surface area contributed by atoms with Crippen molar-refractivity contribution in [3.8, 4) is 28.7 Å². The van der Waals surface area contributed by atoms with Crippen molar-refractivity contribution in [3.05, 3.63) is 137 Å². The van der Waals surface area contributed by atoms with E-state index in [4.69, 9.17) is 137 Å². The van der Waals surface area contributed by atoms with Gasteiger partial charge in [0.15, 0.2) is 12.0 Å². The molecule has 0 atom stereocenters. The van der Waals surface area contributed by atoms with Crippen molar-refractivity contribution in [3.63, 3.8) is 0 Å². The molecule has 4 aromatic carbocycles. The van der Waals surface area contributed by atoms with Crippen LogP contribution < -0.4 is 23.7 Å². The van der Waals surface area contributed by atoms with Crippen LogP contribution in [0.2, 0.25) is 0 Å². The number of hydrogen-bond acceptors (Lipinski definition) is 29. The summed E-state index contributed by atoms with van der Waals surface area (Å²) in [6.07, 6.45) is 15.4. The van der Waals surface area contributed by atoms with Gasteiger partial charge in [0, 0.05) is 24.7 Å². The van der Waals surface area contributed by atoms with E-state index in [1.165, 1.54) is 16.7 Å². The molecule has 1 aliphatic rings. The molecule has 1 heterocycles. The SMILES string of the molecule is C=O.C=O.C=O.C=O.CC(C)OC(C)OC(C)C.CC(C)OC1CCC(OC(C)C)CC1.CC(C)OCCCCOC(C)C.CC(C)OCCOCCOCCOC(C)C.CC(C)OCCOc1cc(COC(C)C)cc(OCCOC(C)C)c1.CC(C)OCCOc1ccc(C(C)(C)c2ccc(COC(C)C)cc2)cc1.CC(C)OCCOc1cccc(COC(C)C)c1.CC(C)OCCOc1cocc1COC(C)C. The number of carbonyl (C=O) groups excluding carboxylic acids is 4. The molecule has 29 nitrogen and oxygen atoms in total. The lowest BCUT2D eigenvalue weighted by atomic mass is 9.78. The van der Waals surface area contributed by atoms with Crippen molar-refractivity contribution < 1.29 is 137 Å². The number of ether oxygens (including phenoxy) is 24. The fourth-order valence-corrected chi connectivity index (χ4v) is 12.3. The molecule has 0 radical (unpaired) electrons. The van der Waals surface area contributed by atoms with Gasteiger partial charge in [0.25, 0.3) is 0 Å². The molecule has 0 unspecified atom stereocenters. The monoisotopic (exact) mass is 2090 g/mol. The second-order valence-electron chi connectivity index (χ2n) is 39.2. The van der Waals surface area contributed by atoms with E-state index >= 15 is 0 Å². The highest BCUT2D eigenvalue weighted by atomic mass is 16.7. The van der Waals surface area contributed by atoms with Gasteiger partial charge in [0.2, 0.25) is 0 Å². The highest BCUT2D eigenvalue weighted by Gasteiger charge is 2.25. The third-order valence-electron chi connectivity index (χ3n) is 18.8. The van der Waals surface area contributed by atoms with Gasteiger partial charge in [0.1, 0.15) is 89.5 Å². The average molecular weight is 2090 g/mol. The van der Waals surface area contributed by atoms with Gasteiger partial charge < -0.3 is 137 Å². The molecule has 0 bridgehead atoms. The predicted molar refractivity (Wildman–Crippen MR) is 593 cm³/mol. The highest BCUT2D eigenvalue weighted by Crippen LogP contribution is 2.34. The fourth-order valence-electron chi connectivity index (χ4n) is 12.3. The van der Waals surface area contributed by atoms with Gasteiger partial charge in [-0.2, -0.15) is 0 Å². The van der Waals surface area contributed by atoms with E-state index in [-0.39, 0.29) is 91.1 Å². The molecule has 0 N–H and O–H groups in total. The van der Waals surface area contributed by atoms with Crippen molar-refractivity contribution in [2.75, 3.05) is 119 Å². The summed E-state index contributed by atoms with van der Waals surface area (Å²) in [5.41, 5.74) is 6.77. The number of furan rings is 1. The number of unbranched alkanes of at least 4 members (excludes halogenated alkanes) is 1. The summed E-state index contributed by atoms with van der Waals surface area (Å²) >= 11 is 0. The summed E-state index contributed by atoms with van der Waals surface area (Å²) in [6, 6.07) is 30.9. The van der Waals surface area contributed by atoms with Crippen LogP contribution >= 0.6 is 0 Å². The van der Waals surface area contributed by atoms with Gasteiger partial charge in [-0.25, -0.2) is 0 Å². The van der Waals surface area contributed by atoms with Gasteiger partial charge in [-0.3, -0.25) is 0 Å². The maximum absolute atomic E-state index is 8.00. The lowest BCUT2D eigenvalue weighted by Gasteiger charge is -2.30. The Balaban J connectivity index is -0.000000389. The molecule has 0 amide bonds. The van der Waals surface area contributed by atoms with E-state index in [2.05, 4.69) is 119 Å². The normalized spacial score (nSPS) is 12.7. The number of rotatable bonds is 65. The molecule has 29 heteroatoms. The molecule has 147 heavy (non-hydrogen) atoms. The molecule has 858 valence electrons. The van der Waals surface area contributed by atoms with Crippen molar-refractivity contribution in [1.82, 2.24) is 0 Å². The molecule has 0 aliphatic heterocycles. The molecular formula is C118H212O29. The Bertz CT molecular complexity index is 3480. The molecule has 1 aliphatic carbocycles. The Morgan fingerprint density at radius 3 is 0.871 bits per heavy atom. The Labute approximate surface area is 893 Å². The van der Waals surface area contributed by atoms with E-state index < -0.39 is 0 Å². The Morgan fingerprint density at radius 1 is 0.259 bits per heavy atom. The van der Waals surface area contributed by atoms with Gasteiger partial charge in [-0.15, -0.1) is 0 Å². The summed E-state index contributed by atoms with van der Waals surface area (Å²) in [4.78, 5) is 32.0. The van der Waals surface area contributed by atoms with E-state index in [1.807, 2.05) is 255 Å². The van der Waals surface area contributed by atoms with Crippen molar-refractivity contribution >= 4 is 27.2 Å². The lowest BCUT2D eigenvalue weighted by molar-refractivity contribution is -0.169. The standard InChI is InChI=1S/C24H34O3.C20H34O5.C15H24O3.C13H22O4.C12H26O4.C12H24O2.C10H22O2.C8H18O2.4CH2O/c1-18(2)25-15-16-26-23-13-11-22(12-14-23)24(5,6)21-9-7-20(8-10-21)17-27-19(3)4;1-15(2)21-7-9-23-19-11-18(14-25-17(5)6)12-20(13-19)24-10-8-22-16(3)4;1-12(2)16-8-9-17-15-7-5-6-14(10-15)11-18-13(3)4;1-10(2)15-5-6-16-13-9-14-7-12(13)8-17-11(3)4;1-11(2)15-9-7-13-5-6-14-8-10-16-12(3)4;1-9(2)13-11-5-7-12(8-6-11)14-10(3)4;1-9(2)11-7-5-6-8-12-10(3)4;1-6(2)9-8(5)10-7(3)4;4*1-2/h7-14,18-19H,15-17H2,1-6H3;11-13,15-17H,7-10,14H2,1-6H3;5-7,10,12-13H,8-9,11H2,1-4H3;7,9-11H,5-6,8H2,1-4H3;11-12H,5-10H2,1-4H3;9-12H,5-8H2,1-4H3;9-10H,5-8H2,1-4H3;6-8H,1-5H3;4*1H2. The lowest BCUT2D eigenvalue weighted by Crippen LogP contribution is -2.29. The molecule has 1 saturated carbocycles. The van der Waals surface area contributed by atoms with Crippen molar-refractivity contribution in [2.24, 2.45) is 0 Å². The van der Waals surface area contributed by atoms with E-state index in [0.29, 0.717) is 169 Å². The zero-order chi connectivity index (χ0) is 113. The largest absolute Gasteiger partial charge is 0.491 e. The highest BCUT2D eigenvalue weighted by molar-refractivity contribution is 5.41. The summed E-state index contributed by atoms with van der Waals surface area (Å²) < 4.78 is 138.